The van der Waals surface area contributed by atoms with E-state index in [2.05, 4.69) is 20.6 Å². The van der Waals surface area contributed by atoms with Gasteiger partial charge in [0.05, 0.1) is 17.5 Å². The summed E-state index contributed by atoms with van der Waals surface area (Å²) in [4.78, 5) is 31.6. The Morgan fingerprint density at radius 3 is 2.58 bits per heavy atom. The Hall–Kier alpha value is -4.64. The minimum atomic E-state index is -1.54. The summed E-state index contributed by atoms with van der Waals surface area (Å²) in [5.74, 6) is -1.39. The zero-order chi connectivity index (χ0) is 26.0. The lowest BCUT2D eigenvalue weighted by molar-refractivity contribution is -0.136. The summed E-state index contributed by atoms with van der Waals surface area (Å²) in [6.07, 6.45) is -0.459. The van der Waals surface area contributed by atoms with Gasteiger partial charge >= 0.3 is 12.0 Å². The van der Waals surface area contributed by atoms with E-state index >= 15 is 0 Å². The molecule has 4 rings (SSSR count). The monoisotopic (exact) mass is 490 g/mol. The number of nitrogen functional groups attached to an aromatic ring is 1. The molecule has 0 spiro atoms. The van der Waals surface area contributed by atoms with Gasteiger partial charge in [0.1, 0.15) is 28.9 Å². The number of carbonyl (C=O) groups excluding carboxylic acids is 1. The zero-order valence-corrected chi connectivity index (χ0v) is 19.4. The maximum absolute atomic E-state index is 12.1. The first-order valence-corrected chi connectivity index (χ1v) is 11.1. The highest BCUT2D eigenvalue weighted by atomic mass is 16.4. The van der Waals surface area contributed by atoms with E-state index in [9.17, 15) is 24.9 Å². The first-order chi connectivity index (χ1) is 17.2. The molecule has 0 radical (unpaired) electrons. The normalized spacial score (nSPS) is 19.6. The Labute approximate surface area is 205 Å². The molecule has 1 heterocycles. The smallest absolute Gasteiger partial charge is 0.314 e. The SMILES string of the molecule is CNC(=O)NCC1(c2nc3ccc(C(=N)N)cc3[nH]2)C=C(CC(=O)O)C(O)C(c2ccccc2)=C1O. The first kappa shape index (κ1) is 24.5. The van der Waals surface area contributed by atoms with E-state index in [-0.39, 0.29) is 35.1 Å². The molecule has 1 aromatic heterocycles. The number of amides is 2. The number of aliphatic hydroxyl groups excluding tert-OH is 2. The molecular formula is C25H26N6O5. The number of aliphatic hydroxyl groups is 2. The van der Waals surface area contributed by atoms with Crippen LogP contribution in [0.5, 0.6) is 0 Å². The number of fused-ring (bicyclic) bond motifs is 1. The van der Waals surface area contributed by atoms with E-state index in [4.69, 9.17) is 11.1 Å². The van der Waals surface area contributed by atoms with Crippen molar-refractivity contribution in [2.45, 2.75) is 17.9 Å². The van der Waals surface area contributed by atoms with Crippen LogP contribution in [0.15, 0.2) is 65.9 Å². The van der Waals surface area contributed by atoms with Crippen molar-refractivity contribution in [2.24, 2.45) is 5.73 Å². The number of hydrogen-bond donors (Lipinski definition) is 8. The molecule has 2 atom stereocenters. The van der Waals surface area contributed by atoms with Crippen molar-refractivity contribution >= 4 is 34.4 Å². The van der Waals surface area contributed by atoms with Gasteiger partial charge in [-0.1, -0.05) is 36.4 Å². The molecule has 11 nitrogen and oxygen atoms in total. The number of nitrogens with one attached hydrogen (secondary N) is 4. The fourth-order valence-electron chi connectivity index (χ4n) is 4.35. The van der Waals surface area contributed by atoms with Crippen LogP contribution in [0.3, 0.4) is 0 Å². The Kier molecular flexibility index (Phi) is 6.49. The number of carboxylic acids is 1. The lowest BCUT2D eigenvalue weighted by Gasteiger charge is -2.37. The summed E-state index contributed by atoms with van der Waals surface area (Å²) >= 11 is 0. The van der Waals surface area contributed by atoms with Crippen molar-refractivity contribution in [2.75, 3.05) is 13.6 Å². The quantitative estimate of drug-likeness (QED) is 0.140. The lowest BCUT2D eigenvalue weighted by Crippen LogP contribution is -2.47. The number of hydrogen-bond acceptors (Lipinski definition) is 6. The van der Waals surface area contributed by atoms with Crippen molar-refractivity contribution in [1.29, 1.82) is 5.41 Å². The predicted molar refractivity (Wildman–Crippen MR) is 134 cm³/mol. The van der Waals surface area contributed by atoms with E-state index in [1.165, 1.54) is 13.1 Å². The maximum atomic E-state index is 12.1. The number of H-pyrrole nitrogens is 1. The van der Waals surface area contributed by atoms with Gasteiger partial charge in [-0.15, -0.1) is 0 Å². The topological polar surface area (TPSA) is 197 Å². The number of nitrogens with two attached hydrogens (primary N) is 1. The van der Waals surface area contributed by atoms with Crippen LogP contribution < -0.4 is 16.4 Å². The number of benzene rings is 2. The lowest BCUT2D eigenvalue weighted by atomic mass is 9.72. The number of carboxylic acid groups (broad SMARTS) is 1. The van der Waals surface area contributed by atoms with Crippen LogP contribution in [0.4, 0.5) is 4.79 Å². The second-order valence-electron chi connectivity index (χ2n) is 8.46. The molecule has 2 aromatic carbocycles. The third-order valence-corrected chi connectivity index (χ3v) is 6.14. The number of imidazole rings is 1. The molecule has 186 valence electrons. The molecule has 1 aliphatic rings. The number of aromatic nitrogens is 2. The Bertz CT molecular complexity index is 1410. The Balaban J connectivity index is 2.00. The highest BCUT2D eigenvalue weighted by molar-refractivity contribution is 5.98. The van der Waals surface area contributed by atoms with Gasteiger partial charge in [0, 0.05) is 24.7 Å². The van der Waals surface area contributed by atoms with E-state index < -0.39 is 29.9 Å². The van der Waals surface area contributed by atoms with E-state index in [1.807, 2.05) is 0 Å². The third-order valence-electron chi connectivity index (χ3n) is 6.14. The molecule has 0 saturated carbocycles. The summed E-state index contributed by atoms with van der Waals surface area (Å²) in [6.45, 7) is -0.204. The molecule has 2 amide bonds. The average Bonchev–Trinajstić information content (AvgIpc) is 3.29. The van der Waals surface area contributed by atoms with Gasteiger partial charge in [-0.2, -0.15) is 0 Å². The summed E-state index contributed by atoms with van der Waals surface area (Å²) in [6, 6.07) is 13.0. The van der Waals surface area contributed by atoms with Crippen molar-refractivity contribution in [3.8, 4) is 0 Å². The van der Waals surface area contributed by atoms with Crippen LogP contribution in [-0.4, -0.2) is 62.8 Å². The summed E-state index contributed by atoms with van der Waals surface area (Å²) < 4.78 is 0. The number of aromatic amines is 1. The highest BCUT2D eigenvalue weighted by Gasteiger charge is 2.46. The van der Waals surface area contributed by atoms with Crippen molar-refractivity contribution in [1.82, 2.24) is 20.6 Å². The Morgan fingerprint density at radius 2 is 1.94 bits per heavy atom. The van der Waals surface area contributed by atoms with Crippen LogP contribution >= 0.6 is 0 Å². The second kappa shape index (κ2) is 9.55. The van der Waals surface area contributed by atoms with Gasteiger partial charge in [0.15, 0.2) is 0 Å². The number of urea groups is 1. The van der Waals surface area contributed by atoms with Crippen LogP contribution in [-0.2, 0) is 10.2 Å². The van der Waals surface area contributed by atoms with Crippen LogP contribution in [0.25, 0.3) is 16.6 Å². The highest BCUT2D eigenvalue weighted by Crippen LogP contribution is 2.44. The van der Waals surface area contributed by atoms with E-state index in [0.717, 1.165) is 0 Å². The van der Waals surface area contributed by atoms with Crippen LogP contribution in [0, 0.1) is 5.41 Å². The fourth-order valence-corrected chi connectivity index (χ4v) is 4.35. The van der Waals surface area contributed by atoms with E-state index in [1.54, 1.807) is 48.5 Å². The Morgan fingerprint density at radius 1 is 1.22 bits per heavy atom. The van der Waals surface area contributed by atoms with Crippen molar-refractivity contribution in [3.05, 3.63) is 82.9 Å². The first-order valence-electron chi connectivity index (χ1n) is 11.1. The molecule has 0 saturated heterocycles. The van der Waals surface area contributed by atoms with Crippen LogP contribution in [0.2, 0.25) is 0 Å². The molecule has 9 N–H and O–H groups in total. The fraction of sp³-hybridized carbons (Fsp3) is 0.200. The molecule has 2 unspecified atom stereocenters. The molecule has 11 heteroatoms. The number of aliphatic carboxylic acids is 1. The molecular weight excluding hydrogens is 464 g/mol. The second-order valence-corrected chi connectivity index (χ2v) is 8.46. The molecule has 0 bridgehead atoms. The molecule has 36 heavy (non-hydrogen) atoms. The largest absolute Gasteiger partial charge is 0.510 e. The van der Waals surface area contributed by atoms with Gasteiger partial charge in [-0.25, -0.2) is 9.78 Å². The minimum Gasteiger partial charge on any atom is -0.510 e. The standard InChI is InChI=1S/C25H26N6O5/c1-28-24(36)29-12-25(23-30-16-8-7-14(22(26)27)9-17(16)31-23)11-15(10-18(32)33)20(34)19(21(25)35)13-5-3-2-4-6-13/h2-9,11,20,34-35H,10,12H2,1H3,(H3,26,27)(H,30,31)(H,32,33)(H2,28,29,36). The van der Waals surface area contributed by atoms with Crippen molar-refractivity contribution < 1.29 is 24.9 Å². The van der Waals surface area contributed by atoms with Crippen molar-refractivity contribution in [3.63, 3.8) is 0 Å². The minimum absolute atomic E-state index is 0.109. The molecule has 0 fully saturated rings. The van der Waals surface area contributed by atoms with Gasteiger partial charge in [0.2, 0.25) is 0 Å². The number of nitrogens with zero attached hydrogens (tertiary/aromatic N) is 1. The zero-order valence-electron chi connectivity index (χ0n) is 19.4. The average molecular weight is 491 g/mol. The summed E-state index contributed by atoms with van der Waals surface area (Å²) in [5.41, 5.74) is 6.27. The van der Waals surface area contributed by atoms with Gasteiger partial charge in [-0.3, -0.25) is 10.2 Å². The van der Waals surface area contributed by atoms with Gasteiger partial charge in [-0.05, 0) is 29.3 Å². The molecule has 0 aliphatic heterocycles. The van der Waals surface area contributed by atoms with Crippen LogP contribution in [0.1, 0.15) is 23.4 Å². The summed E-state index contributed by atoms with van der Waals surface area (Å²) in [7, 11) is 1.44. The predicted octanol–water partition coefficient (Wildman–Crippen LogP) is 1.76. The molecule has 3 aromatic rings. The number of amidine groups is 1. The number of rotatable bonds is 7. The van der Waals surface area contributed by atoms with E-state index in [0.29, 0.717) is 22.2 Å². The third kappa shape index (κ3) is 4.39. The number of carbonyl (C=O) groups is 2. The van der Waals surface area contributed by atoms with Gasteiger partial charge < -0.3 is 36.7 Å². The molecule has 1 aliphatic carbocycles. The van der Waals surface area contributed by atoms with Gasteiger partial charge in [0.25, 0.3) is 0 Å². The maximum Gasteiger partial charge on any atom is 0.314 e. The summed E-state index contributed by atoms with van der Waals surface area (Å²) in [5, 5.41) is 45.2.